The molecule has 4 nitrogen and oxygen atoms in total. The minimum absolute atomic E-state index is 0.237. The number of rotatable bonds is 2. The zero-order chi connectivity index (χ0) is 13.1. The summed E-state index contributed by atoms with van der Waals surface area (Å²) in [5.41, 5.74) is 5.87. The summed E-state index contributed by atoms with van der Waals surface area (Å²) >= 11 is 0. The van der Waals surface area contributed by atoms with Gasteiger partial charge in [-0.15, -0.1) is 0 Å². The van der Waals surface area contributed by atoms with Crippen LogP contribution in [0.15, 0.2) is 0 Å². The number of hydrogen-bond donors (Lipinski definition) is 1. The van der Waals surface area contributed by atoms with Gasteiger partial charge in [-0.1, -0.05) is 6.92 Å². The summed E-state index contributed by atoms with van der Waals surface area (Å²) in [7, 11) is 2.13. The predicted molar refractivity (Wildman–Crippen MR) is 73.2 cm³/mol. The van der Waals surface area contributed by atoms with E-state index in [0.717, 1.165) is 38.9 Å². The number of hydrogen-bond acceptors (Lipinski definition) is 3. The Morgan fingerprint density at radius 3 is 2.50 bits per heavy atom. The van der Waals surface area contributed by atoms with Crippen molar-refractivity contribution >= 4 is 5.91 Å². The highest BCUT2D eigenvalue weighted by Gasteiger charge is 2.35. The van der Waals surface area contributed by atoms with Gasteiger partial charge in [-0.05, 0) is 51.7 Å². The zero-order valence-corrected chi connectivity index (χ0v) is 11.8. The van der Waals surface area contributed by atoms with Crippen molar-refractivity contribution in [2.24, 2.45) is 17.6 Å². The van der Waals surface area contributed by atoms with Crippen LogP contribution < -0.4 is 5.73 Å². The molecule has 0 spiro atoms. The average Bonchev–Trinajstić information content (AvgIpc) is 2.38. The molecule has 0 radical (unpaired) electrons. The molecule has 0 bridgehead atoms. The molecule has 2 aliphatic rings. The summed E-state index contributed by atoms with van der Waals surface area (Å²) in [6, 6.07) is 0.269. The minimum Gasteiger partial charge on any atom is -0.338 e. The van der Waals surface area contributed by atoms with Crippen molar-refractivity contribution in [2.75, 3.05) is 33.2 Å². The zero-order valence-electron chi connectivity index (χ0n) is 11.8. The number of amides is 1. The van der Waals surface area contributed by atoms with E-state index in [2.05, 4.69) is 23.8 Å². The van der Waals surface area contributed by atoms with Crippen LogP contribution in [0, 0.1) is 11.8 Å². The molecule has 4 heteroatoms. The molecule has 2 N–H and O–H groups in total. The Balaban J connectivity index is 1.98. The lowest BCUT2D eigenvalue weighted by molar-refractivity contribution is -0.142. The van der Waals surface area contributed by atoms with Gasteiger partial charge in [-0.2, -0.15) is 0 Å². The molecule has 2 heterocycles. The van der Waals surface area contributed by atoms with Crippen molar-refractivity contribution in [1.82, 2.24) is 9.80 Å². The molecule has 1 amide bonds. The lowest BCUT2D eigenvalue weighted by Crippen LogP contribution is -2.54. The number of likely N-dealkylation sites (tertiary alicyclic amines) is 2. The van der Waals surface area contributed by atoms with Crippen LogP contribution in [0.1, 0.15) is 32.6 Å². The molecular formula is C14H27N3O. The first kappa shape index (κ1) is 13.8. The molecule has 18 heavy (non-hydrogen) atoms. The number of piperidine rings is 2. The van der Waals surface area contributed by atoms with E-state index in [9.17, 15) is 4.79 Å². The van der Waals surface area contributed by atoms with Crippen molar-refractivity contribution in [3.63, 3.8) is 0 Å². The first-order valence-corrected chi connectivity index (χ1v) is 7.32. The standard InChI is InChI=1S/C14H27N3O/c1-11-4-3-7-17(13(11)10-15)14(18)12-5-8-16(2)9-6-12/h11-13H,3-10,15H2,1-2H3/t11-,13+/m0/s1. The second kappa shape index (κ2) is 6.02. The van der Waals surface area contributed by atoms with Crippen molar-refractivity contribution in [2.45, 2.75) is 38.6 Å². The summed E-state index contributed by atoms with van der Waals surface area (Å²) < 4.78 is 0. The molecule has 0 aromatic rings. The number of carbonyl (C=O) groups excluding carboxylic acids is 1. The van der Waals surface area contributed by atoms with Crippen LogP contribution in [0.2, 0.25) is 0 Å². The van der Waals surface area contributed by atoms with E-state index >= 15 is 0 Å². The molecule has 0 aromatic heterocycles. The fourth-order valence-corrected chi connectivity index (χ4v) is 3.37. The summed E-state index contributed by atoms with van der Waals surface area (Å²) in [6.45, 7) is 5.85. The molecule has 0 saturated carbocycles. The average molecular weight is 253 g/mol. The van der Waals surface area contributed by atoms with Crippen LogP contribution in [0.4, 0.5) is 0 Å². The predicted octanol–water partition coefficient (Wildman–Crippen LogP) is 0.914. The van der Waals surface area contributed by atoms with Crippen LogP contribution in [-0.4, -0.2) is 55.0 Å². The molecule has 0 aromatic carbocycles. The molecule has 2 atom stereocenters. The van der Waals surface area contributed by atoms with Gasteiger partial charge in [-0.25, -0.2) is 0 Å². The van der Waals surface area contributed by atoms with Crippen LogP contribution in [0.5, 0.6) is 0 Å². The number of nitrogens with two attached hydrogens (primary N) is 1. The minimum atomic E-state index is 0.237. The summed E-state index contributed by atoms with van der Waals surface area (Å²) in [5, 5.41) is 0. The highest BCUT2D eigenvalue weighted by Crippen LogP contribution is 2.27. The third-order valence-corrected chi connectivity index (χ3v) is 4.71. The summed E-state index contributed by atoms with van der Waals surface area (Å²) in [5.74, 6) is 1.16. The molecule has 2 rings (SSSR count). The maximum atomic E-state index is 12.6. The Kier molecular flexibility index (Phi) is 4.62. The fourth-order valence-electron chi connectivity index (χ4n) is 3.37. The van der Waals surface area contributed by atoms with Gasteiger partial charge >= 0.3 is 0 Å². The molecule has 0 unspecified atom stereocenters. The molecule has 2 saturated heterocycles. The van der Waals surface area contributed by atoms with Gasteiger partial charge in [0.25, 0.3) is 0 Å². The Hall–Kier alpha value is -0.610. The van der Waals surface area contributed by atoms with E-state index in [1.54, 1.807) is 0 Å². The lowest BCUT2D eigenvalue weighted by Gasteiger charge is -2.42. The topological polar surface area (TPSA) is 49.6 Å². The van der Waals surface area contributed by atoms with Crippen molar-refractivity contribution in [3.8, 4) is 0 Å². The van der Waals surface area contributed by atoms with E-state index in [0.29, 0.717) is 18.4 Å². The summed E-state index contributed by atoms with van der Waals surface area (Å²) in [6.07, 6.45) is 4.37. The van der Waals surface area contributed by atoms with Gasteiger partial charge in [0.1, 0.15) is 0 Å². The first-order valence-electron chi connectivity index (χ1n) is 7.32. The molecule has 0 aliphatic carbocycles. The molecule has 104 valence electrons. The van der Waals surface area contributed by atoms with E-state index < -0.39 is 0 Å². The van der Waals surface area contributed by atoms with Crippen molar-refractivity contribution < 1.29 is 4.79 Å². The second-order valence-electron chi connectivity index (χ2n) is 6.03. The molecule has 2 aliphatic heterocycles. The highest BCUT2D eigenvalue weighted by molar-refractivity contribution is 5.79. The SMILES string of the molecule is C[C@H]1CCCN(C(=O)C2CCN(C)CC2)[C@@H]1CN. The largest absolute Gasteiger partial charge is 0.338 e. The van der Waals surface area contributed by atoms with Crippen molar-refractivity contribution in [3.05, 3.63) is 0 Å². The maximum absolute atomic E-state index is 12.6. The third-order valence-electron chi connectivity index (χ3n) is 4.71. The first-order chi connectivity index (χ1) is 8.63. The van der Waals surface area contributed by atoms with E-state index in [1.165, 1.54) is 6.42 Å². The number of nitrogens with zero attached hydrogens (tertiary/aromatic N) is 2. The Labute approximate surface area is 110 Å². The van der Waals surface area contributed by atoms with E-state index in [1.807, 2.05) is 0 Å². The van der Waals surface area contributed by atoms with Gasteiger partial charge in [0.2, 0.25) is 5.91 Å². The Morgan fingerprint density at radius 2 is 1.89 bits per heavy atom. The Morgan fingerprint density at radius 1 is 1.22 bits per heavy atom. The second-order valence-corrected chi connectivity index (χ2v) is 6.03. The van der Waals surface area contributed by atoms with Crippen LogP contribution in [0.3, 0.4) is 0 Å². The van der Waals surface area contributed by atoms with Gasteiger partial charge in [-0.3, -0.25) is 4.79 Å². The van der Waals surface area contributed by atoms with Gasteiger partial charge in [0.05, 0.1) is 0 Å². The normalized spacial score (nSPS) is 31.6. The van der Waals surface area contributed by atoms with E-state index in [-0.39, 0.29) is 12.0 Å². The van der Waals surface area contributed by atoms with Gasteiger partial charge < -0.3 is 15.5 Å². The molecular weight excluding hydrogens is 226 g/mol. The monoisotopic (exact) mass is 253 g/mol. The lowest BCUT2D eigenvalue weighted by atomic mass is 9.88. The summed E-state index contributed by atoms with van der Waals surface area (Å²) in [4.78, 5) is 17.0. The smallest absolute Gasteiger partial charge is 0.226 e. The van der Waals surface area contributed by atoms with Crippen LogP contribution in [-0.2, 0) is 4.79 Å². The van der Waals surface area contributed by atoms with Gasteiger partial charge in [0, 0.05) is 25.0 Å². The van der Waals surface area contributed by atoms with E-state index in [4.69, 9.17) is 5.73 Å². The van der Waals surface area contributed by atoms with Crippen LogP contribution in [0.25, 0.3) is 0 Å². The maximum Gasteiger partial charge on any atom is 0.226 e. The highest BCUT2D eigenvalue weighted by atomic mass is 16.2. The fraction of sp³-hybridized carbons (Fsp3) is 0.929. The van der Waals surface area contributed by atoms with Gasteiger partial charge in [0.15, 0.2) is 0 Å². The van der Waals surface area contributed by atoms with Crippen LogP contribution >= 0.6 is 0 Å². The molecule has 2 fully saturated rings. The van der Waals surface area contributed by atoms with Crippen molar-refractivity contribution in [1.29, 1.82) is 0 Å². The third kappa shape index (κ3) is 2.86. The number of carbonyl (C=O) groups is 1. The quantitative estimate of drug-likeness (QED) is 0.796. The Bertz CT molecular complexity index is 287.